The minimum absolute atomic E-state index is 0.0207. The maximum absolute atomic E-state index is 13.1. The van der Waals surface area contributed by atoms with Crippen LogP contribution in [0.5, 0.6) is 0 Å². The number of carbonyl (C=O) groups excluding carboxylic acids is 1. The number of hydrogen-bond acceptors (Lipinski definition) is 3. The Labute approximate surface area is 155 Å². The first-order chi connectivity index (χ1) is 12.5. The summed E-state index contributed by atoms with van der Waals surface area (Å²) in [4.78, 5) is 14.8. The Kier molecular flexibility index (Phi) is 5.77. The maximum atomic E-state index is 13.1. The molecule has 1 aliphatic rings. The highest BCUT2D eigenvalue weighted by atomic mass is 32.2. The van der Waals surface area contributed by atoms with Crippen LogP contribution in [0.2, 0.25) is 0 Å². The van der Waals surface area contributed by atoms with Gasteiger partial charge < -0.3 is 4.90 Å². The molecule has 2 aromatic rings. The van der Waals surface area contributed by atoms with E-state index in [-0.39, 0.29) is 29.4 Å². The van der Waals surface area contributed by atoms with E-state index in [9.17, 15) is 13.2 Å². The average molecular weight is 372 g/mol. The third kappa shape index (κ3) is 4.33. The molecule has 1 heterocycles. The summed E-state index contributed by atoms with van der Waals surface area (Å²) in [6.45, 7) is 2.46. The van der Waals surface area contributed by atoms with Crippen LogP contribution in [0, 0.1) is 0 Å². The molecule has 1 atom stereocenters. The number of sulfone groups is 1. The van der Waals surface area contributed by atoms with Crippen LogP contribution in [-0.2, 0) is 14.6 Å². The summed E-state index contributed by atoms with van der Waals surface area (Å²) in [6, 6.07) is 19.8. The molecule has 2 aromatic carbocycles. The van der Waals surface area contributed by atoms with Gasteiger partial charge >= 0.3 is 0 Å². The molecular weight excluding hydrogens is 346 g/mol. The first-order valence-electron chi connectivity index (χ1n) is 9.10. The van der Waals surface area contributed by atoms with E-state index >= 15 is 0 Å². The van der Waals surface area contributed by atoms with Gasteiger partial charge in [0.2, 0.25) is 5.91 Å². The largest absolute Gasteiger partial charge is 0.339 e. The predicted octanol–water partition coefficient (Wildman–Crippen LogP) is 3.24. The van der Waals surface area contributed by atoms with Gasteiger partial charge in [-0.05, 0) is 24.5 Å². The van der Waals surface area contributed by atoms with E-state index in [4.69, 9.17) is 0 Å². The van der Waals surface area contributed by atoms with Crippen LogP contribution >= 0.6 is 0 Å². The Balaban J connectivity index is 1.83. The standard InChI is InChI=1S/C21H25NO3S/c1-2-22(19-13-14-26(24,25)16-19)21(23)15-20(17-9-5-3-6-10-17)18-11-7-4-8-12-18/h3-12,19-20H,2,13-16H2,1H3. The van der Waals surface area contributed by atoms with Crippen LogP contribution in [0.1, 0.15) is 36.8 Å². The van der Waals surface area contributed by atoms with E-state index in [0.717, 1.165) is 11.1 Å². The lowest BCUT2D eigenvalue weighted by atomic mass is 9.88. The highest BCUT2D eigenvalue weighted by Gasteiger charge is 2.34. The van der Waals surface area contributed by atoms with Gasteiger partial charge in [0, 0.05) is 24.9 Å². The van der Waals surface area contributed by atoms with Crippen molar-refractivity contribution in [3.63, 3.8) is 0 Å². The molecule has 138 valence electrons. The second kappa shape index (κ2) is 8.04. The first-order valence-corrected chi connectivity index (χ1v) is 10.9. The first kappa shape index (κ1) is 18.6. The molecule has 1 saturated heterocycles. The molecule has 1 unspecified atom stereocenters. The van der Waals surface area contributed by atoms with Crippen molar-refractivity contribution in [1.82, 2.24) is 4.90 Å². The van der Waals surface area contributed by atoms with Gasteiger partial charge in [0.05, 0.1) is 11.5 Å². The third-order valence-electron chi connectivity index (χ3n) is 5.09. The zero-order chi connectivity index (χ0) is 18.6. The monoisotopic (exact) mass is 371 g/mol. The molecule has 0 aromatic heterocycles. The Bertz CT molecular complexity index is 795. The van der Waals surface area contributed by atoms with Crippen molar-refractivity contribution >= 4 is 15.7 Å². The molecule has 4 nitrogen and oxygen atoms in total. The van der Waals surface area contributed by atoms with Crippen molar-refractivity contribution < 1.29 is 13.2 Å². The van der Waals surface area contributed by atoms with E-state index in [1.54, 1.807) is 4.90 Å². The summed E-state index contributed by atoms with van der Waals surface area (Å²) in [7, 11) is -3.01. The van der Waals surface area contributed by atoms with Crippen LogP contribution in [0.15, 0.2) is 60.7 Å². The molecule has 1 amide bonds. The maximum Gasteiger partial charge on any atom is 0.223 e. The van der Waals surface area contributed by atoms with Crippen molar-refractivity contribution in [1.29, 1.82) is 0 Å². The molecule has 0 spiro atoms. The molecule has 1 aliphatic heterocycles. The van der Waals surface area contributed by atoms with E-state index in [1.807, 2.05) is 67.6 Å². The molecule has 0 saturated carbocycles. The van der Waals surface area contributed by atoms with Gasteiger partial charge in [0.15, 0.2) is 9.84 Å². The second-order valence-electron chi connectivity index (χ2n) is 6.81. The average Bonchev–Trinajstić information content (AvgIpc) is 3.01. The number of carbonyl (C=O) groups is 1. The molecule has 3 rings (SSSR count). The SMILES string of the molecule is CCN(C(=O)CC(c1ccccc1)c1ccccc1)C1CCS(=O)(=O)C1. The van der Waals surface area contributed by atoms with Gasteiger partial charge in [-0.3, -0.25) is 4.79 Å². The number of benzene rings is 2. The Hall–Kier alpha value is -2.14. The van der Waals surface area contributed by atoms with E-state index in [2.05, 4.69) is 0 Å². The van der Waals surface area contributed by atoms with Gasteiger partial charge in [-0.2, -0.15) is 0 Å². The molecule has 1 fully saturated rings. The fourth-order valence-corrected chi connectivity index (χ4v) is 5.48. The molecule has 5 heteroatoms. The number of hydrogen-bond donors (Lipinski definition) is 0. The minimum Gasteiger partial charge on any atom is -0.339 e. The summed E-state index contributed by atoms with van der Waals surface area (Å²) in [5.74, 6) is 0.264. The van der Waals surface area contributed by atoms with E-state index in [0.29, 0.717) is 19.4 Å². The zero-order valence-corrected chi connectivity index (χ0v) is 15.9. The summed E-state index contributed by atoms with van der Waals surface area (Å²) < 4.78 is 23.6. The normalized spacial score (nSPS) is 18.8. The Morgan fingerprint density at radius 2 is 1.58 bits per heavy atom. The lowest BCUT2D eigenvalue weighted by Gasteiger charge is -2.29. The lowest BCUT2D eigenvalue weighted by Crippen LogP contribution is -2.41. The van der Waals surface area contributed by atoms with Gasteiger partial charge in [-0.15, -0.1) is 0 Å². The summed E-state index contributed by atoms with van der Waals surface area (Å²) >= 11 is 0. The van der Waals surface area contributed by atoms with Crippen LogP contribution < -0.4 is 0 Å². The predicted molar refractivity (Wildman–Crippen MR) is 104 cm³/mol. The van der Waals surface area contributed by atoms with Crippen molar-refractivity contribution in [2.75, 3.05) is 18.1 Å². The van der Waals surface area contributed by atoms with Crippen LogP contribution in [0.4, 0.5) is 0 Å². The highest BCUT2D eigenvalue weighted by molar-refractivity contribution is 7.91. The van der Waals surface area contributed by atoms with E-state index in [1.165, 1.54) is 0 Å². The molecular formula is C21H25NO3S. The number of amides is 1. The summed E-state index contributed by atoms with van der Waals surface area (Å²) in [5, 5.41) is 0. The second-order valence-corrected chi connectivity index (χ2v) is 9.04. The topological polar surface area (TPSA) is 54.5 Å². The van der Waals surface area contributed by atoms with Crippen molar-refractivity contribution in [2.45, 2.75) is 31.7 Å². The summed E-state index contributed by atoms with van der Waals surface area (Å²) in [5.41, 5.74) is 2.20. The smallest absolute Gasteiger partial charge is 0.223 e. The quantitative estimate of drug-likeness (QED) is 0.783. The van der Waals surface area contributed by atoms with E-state index < -0.39 is 9.84 Å². The number of rotatable bonds is 6. The molecule has 0 aliphatic carbocycles. The van der Waals surface area contributed by atoms with Crippen LogP contribution in [-0.4, -0.2) is 43.3 Å². The van der Waals surface area contributed by atoms with Crippen LogP contribution in [0.3, 0.4) is 0 Å². The van der Waals surface area contributed by atoms with Gasteiger partial charge in [0.1, 0.15) is 0 Å². The fourth-order valence-electron chi connectivity index (χ4n) is 3.75. The molecule has 0 bridgehead atoms. The fraction of sp³-hybridized carbons (Fsp3) is 0.381. The Morgan fingerprint density at radius 3 is 2.00 bits per heavy atom. The van der Waals surface area contributed by atoms with Crippen LogP contribution in [0.25, 0.3) is 0 Å². The third-order valence-corrected chi connectivity index (χ3v) is 6.84. The molecule has 0 N–H and O–H groups in total. The lowest BCUT2D eigenvalue weighted by molar-refractivity contribution is -0.133. The highest BCUT2D eigenvalue weighted by Crippen LogP contribution is 2.29. The van der Waals surface area contributed by atoms with Crippen molar-refractivity contribution in [3.05, 3.63) is 71.8 Å². The molecule has 0 radical (unpaired) electrons. The zero-order valence-electron chi connectivity index (χ0n) is 15.0. The van der Waals surface area contributed by atoms with Gasteiger partial charge in [-0.1, -0.05) is 60.7 Å². The summed E-state index contributed by atoms with van der Waals surface area (Å²) in [6.07, 6.45) is 0.891. The van der Waals surface area contributed by atoms with Crippen molar-refractivity contribution in [2.24, 2.45) is 0 Å². The van der Waals surface area contributed by atoms with Gasteiger partial charge in [-0.25, -0.2) is 8.42 Å². The minimum atomic E-state index is -3.01. The Morgan fingerprint density at radius 1 is 1.04 bits per heavy atom. The van der Waals surface area contributed by atoms with Gasteiger partial charge in [0.25, 0.3) is 0 Å². The molecule has 26 heavy (non-hydrogen) atoms. The van der Waals surface area contributed by atoms with Crippen molar-refractivity contribution in [3.8, 4) is 0 Å². The number of nitrogens with zero attached hydrogens (tertiary/aromatic N) is 1.